The van der Waals surface area contributed by atoms with Crippen molar-refractivity contribution in [2.45, 2.75) is 32.3 Å². The Kier molecular flexibility index (Phi) is 4.69. The average molecular weight is 305 g/mol. The third-order valence-electron chi connectivity index (χ3n) is 4.65. The second-order valence-corrected chi connectivity index (χ2v) is 6.07. The minimum Gasteiger partial charge on any atom is -0.381 e. The monoisotopic (exact) mass is 305 g/mol. The van der Waals surface area contributed by atoms with E-state index in [1.807, 2.05) is 11.8 Å². The zero-order valence-electron chi connectivity index (χ0n) is 13.0. The van der Waals surface area contributed by atoms with Crippen LogP contribution in [-0.4, -0.2) is 59.8 Å². The van der Waals surface area contributed by atoms with Gasteiger partial charge in [-0.15, -0.1) is 0 Å². The van der Waals surface area contributed by atoms with E-state index in [1.54, 1.807) is 12.4 Å². The number of ether oxygens (including phenoxy) is 2. The van der Waals surface area contributed by atoms with Crippen LogP contribution in [0.5, 0.6) is 0 Å². The highest BCUT2D eigenvalue weighted by Crippen LogP contribution is 2.40. The number of nitrogens with zero attached hydrogens (tertiary/aromatic N) is 3. The average Bonchev–Trinajstić information content (AvgIpc) is 2.59. The van der Waals surface area contributed by atoms with Crippen LogP contribution in [0.4, 0.5) is 0 Å². The number of likely N-dealkylation sites (tertiary alicyclic amines) is 1. The normalized spacial score (nSPS) is 28.2. The lowest BCUT2D eigenvalue weighted by atomic mass is 9.73. The predicted octanol–water partition coefficient (Wildman–Crippen LogP) is 1.52. The first-order chi connectivity index (χ1) is 10.7. The Bertz CT molecular complexity index is 511. The molecule has 0 N–H and O–H groups in total. The fraction of sp³-hybridized carbons (Fsp3) is 0.688. The maximum absolute atomic E-state index is 12.6. The van der Waals surface area contributed by atoms with Crippen LogP contribution in [0, 0.1) is 5.41 Å². The first-order valence-electron chi connectivity index (χ1n) is 8.00. The molecule has 0 spiro atoms. The molecule has 0 radical (unpaired) electrons. The fourth-order valence-corrected chi connectivity index (χ4v) is 3.55. The van der Waals surface area contributed by atoms with Crippen LogP contribution in [0.15, 0.2) is 18.6 Å². The quantitative estimate of drug-likeness (QED) is 0.844. The minimum absolute atomic E-state index is 0.0482. The molecule has 1 aromatic heterocycles. The lowest BCUT2D eigenvalue weighted by molar-refractivity contribution is -0.146. The molecule has 2 atom stereocenters. The molecule has 2 aliphatic heterocycles. The van der Waals surface area contributed by atoms with E-state index in [9.17, 15) is 4.79 Å². The summed E-state index contributed by atoms with van der Waals surface area (Å²) in [6, 6.07) is 0. The number of carbonyl (C=O) groups is 1. The van der Waals surface area contributed by atoms with Crippen molar-refractivity contribution in [2.75, 3.05) is 32.9 Å². The number of hydrogen-bond acceptors (Lipinski definition) is 5. The molecule has 0 saturated carbocycles. The van der Waals surface area contributed by atoms with Gasteiger partial charge in [-0.25, -0.2) is 4.98 Å². The summed E-state index contributed by atoms with van der Waals surface area (Å²) >= 11 is 0. The number of fused-ring (bicyclic) bond motifs is 1. The molecule has 3 heterocycles. The Morgan fingerprint density at radius 2 is 2.45 bits per heavy atom. The number of amides is 1. The van der Waals surface area contributed by atoms with Crippen LogP contribution in [0.2, 0.25) is 0 Å². The lowest BCUT2D eigenvalue weighted by Gasteiger charge is -2.50. The summed E-state index contributed by atoms with van der Waals surface area (Å²) < 4.78 is 11.7. The lowest BCUT2D eigenvalue weighted by Crippen LogP contribution is -2.58. The summed E-state index contributed by atoms with van der Waals surface area (Å²) in [5, 5.41) is 0. The molecule has 1 aromatic rings. The Morgan fingerprint density at radius 1 is 1.55 bits per heavy atom. The predicted molar refractivity (Wildman–Crippen MR) is 80.5 cm³/mol. The Balaban J connectivity index is 1.76. The molecule has 6 heteroatoms. The summed E-state index contributed by atoms with van der Waals surface area (Å²) in [5.74, 6) is -0.0482. The molecule has 0 aromatic carbocycles. The highest BCUT2D eigenvalue weighted by molar-refractivity contribution is 5.92. The molecule has 1 amide bonds. The van der Waals surface area contributed by atoms with E-state index >= 15 is 0 Å². The summed E-state index contributed by atoms with van der Waals surface area (Å²) in [6.07, 6.45) is 7.78. The summed E-state index contributed by atoms with van der Waals surface area (Å²) in [5.41, 5.74) is 0.328. The van der Waals surface area contributed by atoms with E-state index in [0.29, 0.717) is 32.0 Å². The molecule has 2 saturated heterocycles. The van der Waals surface area contributed by atoms with Gasteiger partial charge in [0.25, 0.3) is 5.91 Å². The Hall–Kier alpha value is -1.53. The van der Waals surface area contributed by atoms with Gasteiger partial charge in [-0.1, -0.05) is 0 Å². The maximum atomic E-state index is 12.6. The van der Waals surface area contributed by atoms with Crippen LogP contribution in [-0.2, 0) is 9.47 Å². The van der Waals surface area contributed by atoms with Crippen LogP contribution in [0.3, 0.4) is 0 Å². The van der Waals surface area contributed by atoms with Gasteiger partial charge in [0.1, 0.15) is 5.69 Å². The number of hydrogen-bond donors (Lipinski definition) is 0. The van der Waals surface area contributed by atoms with E-state index in [-0.39, 0.29) is 17.4 Å². The third-order valence-corrected chi connectivity index (χ3v) is 4.65. The van der Waals surface area contributed by atoms with Gasteiger partial charge in [-0.3, -0.25) is 9.78 Å². The highest BCUT2D eigenvalue weighted by atomic mass is 16.5. The number of carbonyl (C=O) groups excluding carboxylic acids is 1. The zero-order valence-corrected chi connectivity index (χ0v) is 13.0. The molecule has 22 heavy (non-hydrogen) atoms. The van der Waals surface area contributed by atoms with Crippen molar-refractivity contribution in [1.82, 2.24) is 14.9 Å². The van der Waals surface area contributed by atoms with Gasteiger partial charge in [-0.2, -0.15) is 0 Å². The van der Waals surface area contributed by atoms with Gasteiger partial charge >= 0.3 is 0 Å². The van der Waals surface area contributed by atoms with Crippen molar-refractivity contribution in [3.05, 3.63) is 24.3 Å². The molecule has 120 valence electrons. The molecule has 0 unspecified atom stereocenters. The Labute approximate surface area is 130 Å². The summed E-state index contributed by atoms with van der Waals surface area (Å²) in [6.45, 7) is 5.53. The largest absolute Gasteiger partial charge is 0.381 e. The number of piperidine rings is 1. The van der Waals surface area contributed by atoms with E-state index in [2.05, 4.69) is 9.97 Å². The summed E-state index contributed by atoms with van der Waals surface area (Å²) in [7, 11) is 0. The first kappa shape index (κ1) is 15.4. The van der Waals surface area contributed by atoms with Gasteiger partial charge in [-0.05, 0) is 26.2 Å². The third kappa shape index (κ3) is 2.98. The molecule has 2 aliphatic rings. The van der Waals surface area contributed by atoms with Crippen molar-refractivity contribution in [1.29, 1.82) is 0 Å². The SMILES string of the molecule is CCOC[C@]12CCCO[C@@H]1CCN(C(=O)c1cnccn1)C2. The standard InChI is InChI=1S/C16H23N3O3/c1-2-21-12-16-5-3-9-22-14(16)4-8-19(11-16)15(20)13-10-17-6-7-18-13/h6-7,10,14H,2-5,8-9,11-12H2,1H3/t14-,16-/m1/s1. The zero-order chi connectivity index (χ0) is 15.4. The topological polar surface area (TPSA) is 64.6 Å². The van der Waals surface area contributed by atoms with Gasteiger partial charge in [0, 0.05) is 44.1 Å². The number of aromatic nitrogens is 2. The Morgan fingerprint density at radius 3 is 3.23 bits per heavy atom. The van der Waals surface area contributed by atoms with Crippen molar-refractivity contribution >= 4 is 5.91 Å². The van der Waals surface area contributed by atoms with E-state index in [0.717, 1.165) is 25.9 Å². The van der Waals surface area contributed by atoms with Crippen molar-refractivity contribution in [2.24, 2.45) is 5.41 Å². The van der Waals surface area contributed by atoms with Crippen LogP contribution < -0.4 is 0 Å². The molecular formula is C16H23N3O3. The molecule has 0 bridgehead atoms. The second kappa shape index (κ2) is 6.71. The number of rotatable bonds is 4. The van der Waals surface area contributed by atoms with Gasteiger partial charge in [0.15, 0.2) is 0 Å². The van der Waals surface area contributed by atoms with Gasteiger partial charge < -0.3 is 14.4 Å². The molecule has 0 aliphatic carbocycles. The molecular weight excluding hydrogens is 282 g/mol. The second-order valence-electron chi connectivity index (χ2n) is 6.07. The van der Waals surface area contributed by atoms with Crippen LogP contribution in [0.25, 0.3) is 0 Å². The van der Waals surface area contributed by atoms with Gasteiger partial charge in [0.05, 0.1) is 18.9 Å². The fourth-order valence-electron chi connectivity index (χ4n) is 3.55. The van der Waals surface area contributed by atoms with Crippen molar-refractivity contribution < 1.29 is 14.3 Å². The smallest absolute Gasteiger partial charge is 0.274 e. The highest BCUT2D eigenvalue weighted by Gasteiger charge is 2.47. The first-order valence-corrected chi connectivity index (χ1v) is 8.00. The summed E-state index contributed by atoms with van der Waals surface area (Å²) in [4.78, 5) is 22.6. The van der Waals surface area contributed by atoms with Crippen molar-refractivity contribution in [3.8, 4) is 0 Å². The van der Waals surface area contributed by atoms with Crippen LogP contribution >= 0.6 is 0 Å². The van der Waals surface area contributed by atoms with Crippen LogP contribution in [0.1, 0.15) is 36.7 Å². The van der Waals surface area contributed by atoms with Crippen molar-refractivity contribution in [3.63, 3.8) is 0 Å². The molecule has 2 fully saturated rings. The molecule has 3 rings (SSSR count). The maximum Gasteiger partial charge on any atom is 0.274 e. The van der Waals surface area contributed by atoms with Gasteiger partial charge in [0.2, 0.25) is 0 Å². The van der Waals surface area contributed by atoms with E-state index < -0.39 is 0 Å². The van der Waals surface area contributed by atoms with E-state index in [4.69, 9.17) is 9.47 Å². The van der Waals surface area contributed by atoms with E-state index in [1.165, 1.54) is 6.20 Å². The minimum atomic E-state index is -0.0790. The molecule has 6 nitrogen and oxygen atoms in total.